The van der Waals surface area contributed by atoms with Crippen LogP contribution in [0, 0.1) is 5.92 Å². The molecular formula is C13H24N2O2. The summed E-state index contributed by atoms with van der Waals surface area (Å²) in [7, 11) is 0. The summed E-state index contributed by atoms with van der Waals surface area (Å²) in [6.45, 7) is 2.47. The van der Waals surface area contributed by atoms with E-state index in [0.29, 0.717) is 5.92 Å². The van der Waals surface area contributed by atoms with E-state index >= 15 is 0 Å². The summed E-state index contributed by atoms with van der Waals surface area (Å²) in [5, 5.41) is 3.00. The lowest BCUT2D eigenvalue weighted by molar-refractivity contribution is -0.127. The molecule has 1 saturated heterocycles. The second-order valence-corrected chi connectivity index (χ2v) is 5.49. The molecule has 1 atom stereocenters. The van der Waals surface area contributed by atoms with Crippen LogP contribution in [0.4, 0.5) is 0 Å². The lowest BCUT2D eigenvalue weighted by atomic mass is 9.82. The van der Waals surface area contributed by atoms with Crippen molar-refractivity contribution < 1.29 is 9.53 Å². The van der Waals surface area contributed by atoms with Gasteiger partial charge in [-0.1, -0.05) is 19.3 Å². The number of nitrogens with two attached hydrogens (primary N) is 1. The molecule has 3 N–H and O–H groups in total. The molecule has 0 aromatic rings. The molecule has 1 amide bonds. The van der Waals surface area contributed by atoms with Crippen LogP contribution >= 0.6 is 0 Å². The van der Waals surface area contributed by atoms with E-state index in [1.807, 2.05) is 0 Å². The van der Waals surface area contributed by atoms with Crippen molar-refractivity contribution in [2.24, 2.45) is 11.7 Å². The van der Waals surface area contributed by atoms with E-state index in [2.05, 4.69) is 5.32 Å². The smallest absolute Gasteiger partial charge is 0.240 e. The van der Waals surface area contributed by atoms with Crippen LogP contribution in [0.1, 0.15) is 44.9 Å². The van der Waals surface area contributed by atoms with E-state index in [1.165, 1.54) is 6.42 Å². The SMILES string of the molecule is NC1(C(=O)NCCC2CCOC2)CCCCC1. The molecule has 4 nitrogen and oxygen atoms in total. The van der Waals surface area contributed by atoms with Gasteiger partial charge in [-0.2, -0.15) is 0 Å². The van der Waals surface area contributed by atoms with Crippen molar-refractivity contribution in [2.45, 2.75) is 50.5 Å². The Morgan fingerprint density at radius 1 is 1.35 bits per heavy atom. The van der Waals surface area contributed by atoms with Gasteiger partial charge in [-0.15, -0.1) is 0 Å². The Bertz CT molecular complexity index is 256. The normalized spacial score (nSPS) is 27.9. The summed E-state index contributed by atoms with van der Waals surface area (Å²) in [5.74, 6) is 0.673. The van der Waals surface area contributed by atoms with E-state index in [1.54, 1.807) is 0 Å². The summed E-state index contributed by atoms with van der Waals surface area (Å²) in [6, 6.07) is 0. The number of nitrogens with one attached hydrogen (secondary N) is 1. The van der Waals surface area contributed by atoms with Crippen LogP contribution in [0.2, 0.25) is 0 Å². The van der Waals surface area contributed by atoms with Gasteiger partial charge in [0.15, 0.2) is 0 Å². The Morgan fingerprint density at radius 3 is 2.76 bits per heavy atom. The summed E-state index contributed by atoms with van der Waals surface area (Å²) in [4.78, 5) is 12.0. The summed E-state index contributed by atoms with van der Waals surface area (Å²) in [5.41, 5.74) is 5.57. The fourth-order valence-electron chi connectivity index (χ4n) is 2.79. The van der Waals surface area contributed by atoms with Crippen LogP contribution in [0.15, 0.2) is 0 Å². The Labute approximate surface area is 103 Å². The van der Waals surface area contributed by atoms with Crippen LogP contribution in [0.3, 0.4) is 0 Å². The molecule has 98 valence electrons. The first kappa shape index (κ1) is 12.8. The molecule has 2 rings (SSSR count). The van der Waals surface area contributed by atoms with Crippen LogP contribution < -0.4 is 11.1 Å². The van der Waals surface area contributed by atoms with Crippen LogP contribution in [0.25, 0.3) is 0 Å². The molecule has 1 saturated carbocycles. The predicted octanol–water partition coefficient (Wildman–Crippen LogP) is 1.19. The average molecular weight is 240 g/mol. The number of rotatable bonds is 4. The molecule has 2 fully saturated rings. The maximum Gasteiger partial charge on any atom is 0.240 e. The van der Waals surface area contributed by atoms with Gasteiger partial charge in [0.2, 0.25) is 5.91 Å². The number of carbonyl (C=O) groups excluding carboxylic acids is 1. The maximum atomic E-state index is 12.0. The first-order chi connectivity index (χ1) is 8.21. The topological polar surface area (TPSA) is 64.4 Å². The third kappa shape index (κ3) is 3.42. The largest absolute Gasteiger partial charge is 0.381 e. The summed E-state index contributed by atoms with van der Waals surface area (Å²) in [6.07, 6.45) is 7.20. The third-order valence-electron chi connectivity index (χ3n) is 4.06. The van der Waals surface area contributed by atoms with Crippen molar-refractivity contribution in [3.05, 3.63) is 0 Å². The quantitative estimate of drug-likeness (QED) is 0.776. The monoisotopic (exact) mass is 240 g/mol. The van der Waals surface area contributed by atoms with E-state index < -0.39 is 5.54 Å². The van der Waals surface area contributed by atoms with Crippen molar-refractivity contribution in [3.63, 3.8) is 0 Å². The molecule has 1 unspecified atom stereocenters. The van der Waals surface area contributed by atoms with Crippen molar-refractivity contribution in [2.75, 3.05) is 19.8 Å². The van der Waals surface area contributed by atoms with Gasteiger partial charge in [-0.05, 0) is 31.6 Å². The molecule has 1 aliphatic heterocycles. The second kappa shape index (κ2) is 5.83. The first-order valence-corrected chi connectivity index (χ1v) is 6.86. The molecule has 0 bridgehead atoms. The summed E-state index contributed by atoms with van der Waals surface area (Å²) < 4.78 is 5.31. The highest BCUT2D eigenvalue weighted by molar-refractivity contribution is 5.86. The Balaban J connectivity index is 1.68. The molecule has 0 aromatic heterocycles. The molecule has 4 heteroatoms. The van der Waals surface area contributed by atoms with Crippen molar-refractivity contribution in [1.82, 2.24) is 5.32 Å². The highest BCUT2D eigenvalue weighted by Gasteiger charge is 2.34. The highest BCUT2D eigenvalue weighted by atomic mass is 16.5. The van der Waals surface area contributed by atoms with E-state index in [-0.39, 0.29) is 5.91 Å². The molecule has 0 aromatic carbocycles. The second-order valence-electron chi connectivity index (χ2n) is 5.49. The summed E-state index contributed by atoms with van der Waals surface area (Å²) >= 11 is 0. The van der Waals surface area contributed by atoms with Crippen molar-refractivity contribution in [1.29, 1.82) is 0 Å². The zero-order valence-electron chi connectivity index (χ0n) is 10.5. The minimum absolute atomic E-state index is 0.0520. The number of amides is 1. The van der Waals surface area contributed by atoms with Gasteiger partial charge in [-0.25, -0.2) is 0 Å². The van der Waals surface area contributed by atoms with Crippen LogP contribution in [-0.4, -0.2) is 31.2 Å². The van der Waals surface area contributed by atoms with E-state index in [4.69, 9.17) is 10.5 Å². The third-order valence-corrected chi connectivity index (χ3v) is 4.06. The van der Waals surface area contributed by atoms with E-state index in [0.717, 1.165) is 58.3 Å². The van der Waals surface area contributed by atoms with Gasteiger partial charge in [0, 0.05) is 19.8 Å². The zero-order chi connectivity index (χ0) is 12.1. The molecule has 2 aliphatic rings. The number of hydrogen-bond acceptors (Lipinski definition) is 3. The molecular weight excluding hydrogens is 216 g/mol. The fourth-order valence-corrected chi connectivity index (χ4v) is 2.79. The van der Waals surface area contributed by atoms with Gasteiger partial charge >= 0.3 is 0 Å². The Hall–Kier alpha value is -0.610. The zero-order valence-corrected chi connectivity index (χ0v) is 10.5. The average Bonchev–Trinajstić information content (AvgIpc) is 2.83. The lowest BCUT2D eigenvalue weighted by Gasteiger charge is -2.31. The van der Waals surface area contributed by atoms with Gasteiger partial charge in [-0.3, -0.25) is 4.79 Å². The lowest BCUT2D eigenvalue weighted by Crippen LogP contribution is -2.55. The van der Waals surface area contributed by atoms with Gasteiger partial charge in [0.25, 0.3) is 0 Å². The molecule has 0 radical (unpaired) electrons. The highest BCUT2D eigenvalue weighted by Crippen LogP contribution is 2.26. The van der Waals surface area contributed by atoms with E-state index in [9.17, 15) is 4.79 Å². The number of carbonyl (C=O) groups is 1. The number of ether oxygens (including phenoxy) is 1. The van der Waals surface area contributed by atoms with Gasteiger partial charge < -0.3 is 15.8 Å². The number of hydrogen-bond donors (Lipinski definition) is 2. The van der Waals surface area contributed by atoms with Gasteiger partial charge in [0.05, 0.1) is 5.54 Å². The minimum atomic E-state index is -0.593. The molecule has 1 heterocycles. The molecule has 17 heavy (non-hydrogen) atoms. The van der Waals surface area contributed by atoms with Gasteiger partial charge in [0.1, 0.15) is 0 Å². The Morgan fingerprint density at radius 2 is 2.12 bits per heavy atom. The fraction of sp³-hybridized carbons (Fsp3) is 0.923. The molecule has 0 spiro atoms. The first-order valence-electron chi connectivity index (χ1n) is 6.86. The predicted molar refractivity (Wildman–Crippen MR) is 66.6 cm³/mol. The minimum Gasteiger partial charge on any atom is -0.381 e. The van der Waals surface area contributed by atoms with Crippen LogP contribution in [0.5, 0.6) is 0 Å². The van der Waals surface area contributed by atoms with Crippen molar-refractivity contribution in [3.8, 4) is 0 Å². The standard InChI is InChI=1S/C13H24N2O2/c14-13(6-2-1-3-7-13)12(16)15-8-4-11-5-9-17-10-11/h11H,1-10,14H2,(H,15,16). The van der Waals surface area contributed by atoms with Crippen LogP contribution in [-0.2, 0) is 9.53 Å². The Kier molecular flexibility index (Phi) is 4.40. The van der Waals surface area contributed by atoms with Crippen molar-refractivity contribution >= 4 is 5.91 Å². The molecule has 1 aliphatic carbocycles. The maximum absolute atomic E-state index is 12.0.